The van der Waals surface area contributed by atoms with Crippen molar-refractivity contribution in [2.24, 2.45) is 5.92 Å². The van der Waals surface area contributed by atoms with Crippen LogP contribution in [0, 0.1) is 5.92 Å². The molecule has 0 spiro atoms. The van der Waals surface area contributed by atoms with E-state index < -0.39 is 12.0 Å². The average molecular weight is 416 g/mol. The normalized spacial score (nSPS) is 16.1. The van der Waals surface area contributed by atoms with Crippen molar-refractivity contribution < 1.29 is 18.0 Å². The lowest BCUT2D eigenvalue weighted by atomic mass is 9.96. The molecular weight excluding hydrogens is 393 g/mol. The van der Waals surface area contributed by atoms with Gasteiger partial charge in [0.05, 0.1) is 17.6 Å². The van der Waals surface area contributed by atoms with Gasteiger partial charge in [0.2, 0.25) is 11.7 Å². The van der Waals surface area contributed by atoms with Crippen molar-refractivity contribution in [1.82, 2.24) is 14.5 Å². The molecule has 0 aliphatic carbocycles. The van der Waals surface area contributed by atoms with Crippen LogP contribution in [0.25, 0.3) is 11.0 Å². The summed E-state index contributed by atoms with van der Waals surface area (Å²) in [5, 5.41) is 2.86. The van der Waals surface area contributed by atoms with Gasteiger partial charge in [-0.1, -0.05) is 30.3 Å². The Kier molecular flexibility index (Phi) is 5.76. The van der Waals surface area contributed by atoms with Crippen LogP contribution in [0.15, 0.2) is 54.6 Å². The van der Waals surface area contributed by atoms with Crippen LogP contribution in [-0.2, 0) is 17.5 Å². The van der Waals surface area contributed by atoms with Crippen LogP contribution in [0.3, 0.4) is 0 Å². The zero-order valence-corrected chi connectivity index (χ0v) is 16.4. The van der Waals surface area contributed by atoms with E-state index in [1.165, 1.54) is 4.57 Å². The molecule has 1 fully saturated rings. The van der Waals surface area contributed by atoms with Crippen LogP contribution in [0.1, 0.15) is 18.7 Å². The number of hydrogen-bond acceptors (Lipinski definition) is 3. The van der Waals surface area contributed by atoms with E-state index in [1.807, 2.05) is 35.2 Å². The first-order valence-electron chi connectivity index (χ1n) is 10.00. The number of nitrogens with zero attached hydrogens (tertiary/aromatic N) is 3. The molecule has 1 amide bonds. The first kappa shape index (κ1) is 20.4. The van der Waals surface area contributed by atoms with E-state index in [9.17, 15) is 18.0 Å². The van der Waals surface area contributed by atoms with Crippen molar-refractivity contribution in [3.63, 3.8) is 0 Å². The molecular formula is C22H23F3N4O. The number of likely N-dealkylation sites (tertiary alicyclic amines) is 1. The second-order valence-corrected chi connectivity index (χ2v) is 7.67. The van der Waals surface area contributed by atoms with Gasteiger partial charge >= 0.3 is 6.18 Å². The largest absolute Gasteiger partial charge is 0.449 e. The predicted molar refractivity (Wildman–Crippen MR) is 109 cm³/mol. The molecule has 1 aliphatic heterocycles. The summed E-state index contributed by atoms with van der Waals surface area (Å²) in [5.41, 5.74) is 1.62. The molecule has 5 nitrogen and oxygen atoms in total. The number of nitrogens with one attached hydrogen (secondary N) is 1. The first-order valence-corrected chi connectivity index (χ1v) is 10.00. The maximum atomic E-state index is 13.5. The lowest BCUT2D eigenvalue weighted by Gasteiger charge is -2.32. The fourth-order valence-corrected chi connectivity index (χ4v) is 3.99. The molecule has 2 aromatic carbocycles. The second kappa shape index (κ2) is 8.47. The summed E-state index contributed by atoms with van der Waals surface area (Å²) < 4.78 is 41.8. The van der Waals surface area contributed by atoms with Crippen molar-refractivity contribution in [3.05, 3.63) is 60.4 Å². The zero-order valence-electron chi connectivity index (χ0n) is 16.4. The Hall–Kier alpha value is -2.87. The summed E-state index contributed by atoms with van der Waals surface area (Å²) in [6.45, 7) is 1.92. The highest BCUT2D eigenvalue weighted by atomic mass is 19.4. The molecule has 8 heteroatoms. The van der Waals surface area contributed by atoms with E-state index in [-0.39, 0.29) is 24.9 Å². The first-order chi connectivity index (χ1) is 14.4. The van der Waals surface area contributed by atoms with Crippen molar-refractivity contribution in [3.8, 4) is 0 Å². The third-order valence-electron chi connectivity index (χ3n) is 5.48. The maximum absolute atomic E-state index is 13.5. The molecule has 30 heavy (non-hydrogen) atoms. The number of hydrogen-bond donors (Lipinski definition) is 1. The number of piperidine rings is 1. The minimum Gasteiger partial charge on any atom is -0.325 e. The van der Waals surface area contributed by atoms with Gasteiger partial charge in [-0.2, -0.15) is 13.2 Å². The third kappa shape index (κ3) is 4.64. The van der Waals surface area contributed by atoms with Crippen molar-refractivity contribution in [2.75, 3.05) is 25.0 Å². The Balaban J connectivity index is 1.37. The molecule has 1 aliphatic rings. The topological polar surface area (TPSA) is 50.2 Å². The Morgan fingerprint density at radius 2 is 1.70 bits per heavy atom. The van der Waals surface area contributed by atoms with E-state index in [4.69, 9.17) is 0 Å². The van der Waals surface area contributed by atoms with Gasteiger partial charge in [-0.25, -0.2) is 4.98 Å². The number of carbonyl (C=O) groups is 1. The molecule has 2 heterocycles. The number of carbonyl (C=O) groups excluding carboxylic acids is 1. The summed E-state index contributed by atoms with van der Waals surface area (Å²) >= 11 is 0. The standard InChI is InChI=1S/C22H23F3N4O/c23-22(24,25)21-27-18-8-4-5-9-19(18)29(21)14-16-10-12-28(13-11-16)15-20(30)26-17-6-2-1-3-7-17/h1-9,16H,10-15H2,(H,26,30). The molecule has 1 saturated heterocycles. The molecule has 1 N–H and O–H groups in total. The number of halogens is 3. The molecule has 158 valence electrons. The van der Waals surface area contributed by atoms with Gasteiger partial charge in [0.15, 0.2) is 0 Å². The molecule has 0 radical (unpaired) electrons. The summed E-state index contributed by atoms with van der Waals surface area (Å²) in [4.78, 5) is 18.1. The molecule has 0 saturated carbocycles. The fraction of sp³-hybridized carbons (Fsp3) is 0.364. The van der Waals surface area contributed by atoms with Gasteiger partial charge in [-0.3, -0.25) is 9.69 Å². The van der Waals surface area contributed by atoms with Crippen LogP contribution in [0.4, 0.5) is 18.9 Å². The van der Waals surface area contributed by atoms with Crippen LogP contribution in [0.5, 0.6) is 0 Å². The Morgan fingerprint density at radius 3 is 2.40 bits per heavy atom. The highest BCUT2D eigenvalue weighted by molar-refractivity contribution is 5.92. The number of aromatic nitrogens is 2. The number of benzene rings is 2. The van der Waals surface area contributed by atoms with E-state index in [2.05, 4.69) is 10.3 Å². The fourth-order valence-electron chi connectivity index (χ4n) is 3.99. The van der Waals surface area contributed by atoms with Gasteiger partial charge in [-0.05, 0) is 56.1 Å². The van der Waals surface area contributed by atoms with E-state index in [1.54, 1.807) is 24.3 Å². The summed E-state index contributed by atoms with van der Waals surface area (Å²) in [6, 6.07) is 16.0. The lowest BCUT2D eigenvalue weighted by Crippen LogP contribution is -2.40. The summed E-state index contributed by atoms with van der Waals surface area (Å²) in [6.07, 6.45) is -3.01. The number of alkyl halides is 3. The number of para-hydroxylation sites is 3. The molecule has 3 aromatic rings. The number of amides is 1. The average Bonchev–Trinajstić information content (AvgIpc) is 3.09. The highest BCUT2D eigenvalue weighted by Crippen LogP contribution is 2.33. The quantitative estimate of drug-likeness (QED) is 0.671. The molecule has 1 aromatic heterocycles. The Bertz CT molecular complexity index is 1010. The van der Waals surface area contributed by atoms with Crippen LogP contribution < -0.4 is 5.32 Å². The second-order valence-electron chi connectivity index (χ2n) is 7.67. The number of rotatable bonds is 5. The van der Waals surface area contributed by atoms with Crippen LogP contribution in [0.2, 0.25) is 0 Å². The minimum atomic E-state index is -4.49. The predicted octanol–water partition coefficient (Wildman–Crippen LogP) is 4.41. The van der Waals surface area contributed by atoms with Gasteiger partial charge in [-0.15, -0.1) is 0 Å². The zero-order chi connectivity index (χ0) is 21.1. The van der Waals surface area contributed by atoms with Crippen molar-refractivity contribution >= 4 is 22.6 Å². The smallest absolute Gasteiger partial charge is 0.325 e. The van der Waals surface area contributed by atoms with Crippen LogP contribution in [-0.4, -0.2) is 40.0 Å². The van der Waals surface area contributed by atoms with E-state index in [0.29, 0.717) is 24.1 Å². The van der Waals surface area contributed by atoms with Gasteiger partial charge in [0.1, 0.15) is 0 Å². The molecule has 0 bridgehead atoms. The molecule has 0 atom stereocenters. The summed E-state index contributed by atoms with van der Waals surface area (Å²) in [5.74, 6) is -0.815. The third-order valence-corrected chi connectivity index (χ3v) is 5.48. The number of fused-ring (bicyclic) bond motifs is 1. The monoisotopic (exact) mass is 416 g/mol. The van der Waals surface area contributed by atoms with Gasteiger partial charge in [0, 0.05) is 12.2 Å². The Labute approximate surface area is 172 Å². The van der Waals surface area contributed by atoms with Gasteiger partial charge < -0.3 is 9.88 Å². The van der Waals surface area contributed by atoms with Crippen molar-refractivity contribution in [2.45, 2.75) is 25.6 Å². The highest BCUT2D eigenvalue weighted by Gasteiger charge is 2.38. The summed E-state index contributed by atoms with van der Waals surface area (Å²) in [7, 11) is 0. The molecule has 0 unspecified atom stereocenters. The van der Waals surface area contributed by atoms with E-state index >= 15 is 0 Å². The van der Waals surface area contributed by atoms with Crippen molar-refractivity contribution in [1.29, 1.82) is 0 Å². The maximum Gasteiger partial charge on any atom is 0.449 e. The van der Waals surface area contributed by atoms with Gasteiger partial charge in [0.25, 0.3) is 0 Å². The SMILES string of the molecule is O=C(CN1CCC(Cn2c(C(F)(F)F)nc3ccccc32)CC1)Nc1ccccc1. The Morgan fingerprint density at radius 1 is 1.03 bits per heavy atom. The number of imidazole rings is 1. The molecule has 4 rings (SSSR count). The van der Waals surface area contributed by atoms with Crippen LogP contribution >= 0.6 is 0 Å². The number of anilines is 1. The lowest BCUT2D eigenvalue weighted by molar-refractivity contribution is -0.147. The van der Waals surface area contributed by atoms with E-state index in [0.717, 1.165) is 18.5 Å². The minimum absolute atomic E-state index is 0.0837.